The Kier molecular flexibility index (Phi) is 7.18. The van der Waals surface area contributed by atoms with Crippen LogP contribution < -0.4 is 5.32 Å². The van der Waals surface area contributed by atoms with Crippen LogP contribution in [-0.4, -0.2) is 45.2 Å². The highest BCUT2D eigenvalue weighted by molar-refractivity contribution is 6.30. The van der Waals surface area contributed by atoms with Crippen LogP contribution in [0.25, 0.3) is 0 Å². The second-order valence-corrected chi connectivity index (χ2v) is 8.15. The highest BCUT2D eigenvalue weighted by atomic mass is 35.5. The van der Waals surface area contributed by atoms with Gasteiger partial charge in [-0.05, 0) is 37.0 Å². The minimum atomic E-state index is -0.926. The van der Waals surface area contributed by atoms with Gasteiger partial charge < -0.3 is 19.5 Å². The molecule has 31 heavy (non-hydrogen) atoms. The number of Topliss-reactive ketones (excluding diaryl/α,β-unsaturated/α-hetero) is 1. The van der Waals surface area contributed by atoms with Crippen molar-refractivity contribution in [2.24, 2.45) is 11.8 Å². The van der Waals surface area contributed by atoms with Gasteiger partial charge in [-0.2, -0.15) is 0 Å². The lowest BCUT2D eigenvalue weighted by Crippen LogP contribution is -2.43. The minimum Gasteiger partial charge on any atom is -0.468 e. The van der Waals surface area contributed by atoms with E-state index in [9.17, 15) is 14.4 Å². The zero-order valence-corrected chi connectivity index (χ0v) is 18.7. The molecule has 0 radical (unpaired) electrons. The van der Waals surface area contributed by atoms with Crippen molar-refractivity contribution in [3.05, 3.63) is 57.4 Å². The van der Waals surface area contributed by atoms with E-state index in [2.05, 4.69) is 5.32 Å². The van der Waals surface area contributed by atoms with E-state index in [-0.39, 0.29) is 24.9 Å². The van der Waals surface area contributed by atoms with Crippen LogP contribution in [0.15, 0.2) is 46.8 Å². The van der Waals surface area contributed by atoms with Crippen LogP contribution in [0.2, 0.25) is 5.02 Å². The van der Waals surface area contributed by atoms with Crippen LogP contribution in [0.5, 0.6) is 0 Å². The van der Waals surface area contributed by atoms with Crippen molar-refractivity contribution in [2.45, 2.75) is 26.2 Å². The number of methoxy groups -OCH3 is 2. The number of ether oxygens (including phenoxy) is 3. The highest BCUT2D eigenvalue weighted by Crippen LogP contribution is 2.45. The first kappa shape index (κ1) is 23.0. The second kappa shape index (κ2) is 9.66. The van der Waals surface area contributed by atoms with Crippen molar-refractivity contribution in [3.8, 4) is 0 Å². The molecule has 0 spiro atoms. The molecule has 1 heterocycles. The molecule has 1 aliphatic heterocycles. The maximum atomic E-state index is 13.5. The molecule has 3 rings (SSSR count). The van der Waals surface area contributed by atoms with Gasteiger partial charge >= 0.3 is 11.9 Å². The maximum Gasteiger partial charge on any atom is 0.336 e. The average molecular weight is 448 g/mol. The summed E-state index contributed by atoms with van der Waals surface area (Å²) < 4.78 is 15.2. The van der Waals surface area contributed by atoms with E-state index < -0.39 is 23.8 Å². The van der Waals surface area contributed by atoms with Gasteiger partial charge in [-0.15, -0.1) is 0 Å². The van der Waals surface area contributed by atoms with Crippen molar-refractivity contribution in [2.75, 3.05) is 27.4 Å². The Bertz CT molecular complexity index is 949. The normalized spacial score (nSPS) is 23.3. The summed E-state index contributed by atoms with van der Waals surface area (Å²) in [6, 6.07) is 6.96. The van der Waals surface area contributed by atoms with Gasteiger partial charge in [0.05, 0.1) is 19.3 Å². The maximum absolute atomic E-state index is 13.5. The number of dihydropyridines is 1. The van der Waals surface area contributed by atoms with Crippen LogP contribution in [0.1, 0.15) is 31.7 Å². The van der Waals surface area contributed by atoms with E-state index in [1.807, 2.05) is 6.92 Å². The first-order valence-corrected chi connectivity index (χ1v) is 10.4. The Hall–Kier alpha value is -2.64. The third-order valence-electron chi connectivity index (χ3n) is 5.69. The highest BCUT2D eigenvalue weighted by Gasteiger charge is 2.47. The van der Waals surface area contributed by atoms with Gasteiger partial charge in [-0.1, -0.05) is 30.7 Å². The molecule has 0 saturated heterocycles. The fourth-order valence-corrected chi connectivity index (χ4v) is 4.36. The van der Waals surface area contributed by atoms with E-state index in [4.69, 9.17) is 25.8 Å². The number of hydrogen-bond acceptors (Lipinski definition) is 7. The Balaban J connectivity index is 2.11. The number of halogens is 1. The summed E-state index contributed by atoms with van der Waals surface area (Å²) >= 11 is 6.06. The molecule has 0 bridgehead atoms. The summed E-state index contributed by atoms with van der Waals surface area (Å²) in [4.78, 5) is 38.9. The summed E-state index contributed by atoms with van der Waals surface area (Å²) in [5.74, 6) is -3.31. The molecule has 166 valence electrons. The van der Waals surface area contributed by atoms with Gasteiger partial charge in [-0.3, -0.25) is 9.59 Å². The topological polar surface area (TPSA) is 90.9 Å². The fourth-order valence-electron chi connectivity index (χ4n) is 4.24. The standard InChI is InChI=1S/C23H26ClNO6/c1-12-11-16-20(21(26)17(12)22(27)30-4)19(14-5-7-15(24)8-6-14)18(13(2)25-16)23(28)31-10-9-29-3/h5-8,12,17,19,25H,9-11H2,1-4H3/t12-,17-,19+/m1/s1. The van der Waals surface area contributed by atoms with Gasteiger partial charge in [-0.25, -0.2) is 4.79 Å². The molecular formula is C23H26ClNO6. The molecule has 1 aliphatic carbocycles. The summed E-state index contributed by atoms with van der Waals surface area (Å²) in [5, 5.41) is 3.75. The lowest BCUT2D eigenvalue weighted by atomic mass is 9.69. The van der Waals surface area contributed by atoms with Crippen LogP contribution in [0.3, 0.4) is 0 Å². The number of carbonyl (C=O) groups excluding carboxylic acids is 3. The molecule has 1 aromatic rings. The SMILES string of the molecule is COCCOC(=O)C1=C(C)NC2=C(C(=O)[C@H](C(=O)OC)[C@H](C)C2)[C@H]1c1ccc(Cl)cc1. The number of carbonyl (C=O) groups is 3. The molecule has 1 aromatic carbocycles. The number of rotatable bonds is 6. The van der Waals surface area contributed by atoms with Gasteiger partial charge in [0, 0.05) is 35.0 Å². The first-order chi connectivity index (χ1) is 14.8. The minimum absolute atomic E-state index is 0.0844. The largest absolute Gasteiger partial charge is 0.468 e. The Morgan fingerprint density at radius 3 is 2.45 bits per heavy atom. The van der Waals surface area contributed by atoms with Gasteiger partial charge in [0.25, 0.3) is 0 Å². The Labute approximate surface area is 186 Å². The molecule has 0 amide bonds. The van der Waals surface area contributed by atoms with Crippen LogP contribution in [-0.2, 0) is 28.6 Å². The predicted molar refractivity (Wildman–Crippen MR) is 114 cm³/mol. The molecule has 0 fully saturated rings. The first-order valence-electron chi connectivity index (χ1n) is 10.0. The number of allylic oxidation sites excluding steroid dienone is 3. The third kappa shape index (κ3) is 4.52. The van der Waals surface area contributed by atoms with Crippen LogP contribution in [0.4, 0.5) is 0 Å². The monoisotopic (exact) mass is 447 g/mol. The van der Waals surface area contributed by atoms with Gasteiger partial charge in [0.1, 0.15) is 12.5 Å². The summed E-state index contributed by atoms with van der Waals surface area (Å²) in [6.45, 7) is 3.96. The van der Waals surface area contributed by atoms with E-state index in [1.54, 1.807) is 31.2 Å². The summed E-state index contributed by atoms with van der Waals surface area (Å²) in [6.07, 6.45) is 0.480. The van der Waals surface area contributed by atoms with E-state index in [1.165, 1.54) is 14.2 Å². The van der Waals surface area contributed by atoms with Crippen molar-refractivity contribution >= 4 is 29.3 Å². The molecule has 1 N–H and O–H groups in total. The predicted octanol–water partition coefficient (Wildman–Crippen LogP) is 3.14. The van der Waals surface area contributed by atoms with Crippen molar-refractivity contribution in [1.82, 2.24) is 5.32 Å². The Morgan fingerprint density at radius 2 is 1.84 bits per heavy atom. The average Bonchev–Trinajstić information content (AvgIpc) is 2.73. The molecule has 8 heteroatoms. The number of nitrogens with one attached hydrogen (secondary N) is 1. The van der Waals surface area contributed by atoms with Crippen molar-refractivity contribution in [1.29, 1.82) is 0 Å². The number of benzene rings is 1. The molecule has 0 aromatic heterocycles. The Morgan fingerprint density at radius 1 is 1.16 bits per heavy atom. The zero-order valence-electron chi connectivity index (χ0n) is 18.0. The van der Waals surface area contributed by atoms with Gasteiger partial charge in [0.15, 0.2) is 5.78 Å². The van der Waals surface area contributed by atoms with E-state index >= 15 is 0 Å². The second-order valence-electron chi connectivity index (χ2n) is 7.72. The number of hydrogen-bond donors (Lipinski definition) is 1. The zero-order chi connectivity index (χ0) is 22.7. The summed E-state index contributed by atoms with van der Waals surface area (Å²) in [5.41, 5.74) is 2.74. The van der Waals surface area contributed by atoms with Crippen LogP contribution in [0, 0.1) is 11.8 Å². The van der Waals surface area contributed by atoms with E-state index in [0.717, 1.165) is 0 Å². The van der Waals surface area contributed by atoms with Crippen molar-refractivity contribution < 1.29 is 28.6 Å². The van der Waals surface area contributed by atoms with E-state index in [0.29, 0.717) is 39.5 Å². The molecular weight excluding hydrogens is 422 g/mol. The number of ketones is 1. The fraction of sp³-hybridized carbons (Fsp3) is 0.435. The quantitative estimate of drug-likeness (QED) is 0.407. The third-order valence-corrected chi connectivity index (χ3v) is 5.94. The lowest BCUT2D eigenvalue weighted by Gasteiger charge is -2.38. The summed E-state index contributed by atoms with van der Waals surface area (Å²) in [7, 11) is 2.79. The van der Waals surface area contributed by atoms with Gasteiger partial charge in [0.2, 0.25) is 0 Å². The molecule has 0 saturated carbocycles. The molecule has 3 atom stereocenters. The lowest BCUT2D eigenvalue weighted by molar-refractivity contribution is -0.151. The smallest absolute Gasteiger partial charge is 0.336 e. The molecule has 2 aliphatic rings. The van der Waals surface area contributed by atoms with Crippen molar-refractivity contribution in [3.63, 3.8) is 0 Å². The molecule has 7 nitrogen and oxygen atoms in total. The molecule has 0 unspecified atom stereocenters. The van der Waals surface area contributed by atoms with Crippen LogP contribution >= 0.6 is 11.6 Å². The number of esters is 2.